The fourth-order valence-corrected chi connectivity index (χ4v) is 3.57. The lowest BCUT2D eigenvalue weighted by molar-refractivity contribution is -0.120. The number of amides is 1. The highest BCUT2D eigenvalue weighted by atomic mass is 35.5. The van der Waals surface area contributed by atoms with Crippen molar-refractivity contribution in [1.29, 1.82) is 0 Å². The van der Waals surface area contributed by atoms with Gasteiger partial charge in [-0.3, -0.25) is 4.79 Å². The molecule has 2 rings (SSSR count). The summed E-state index contributed by atoms with van der Waals surface area (Å²) in [5, 5.41) is 4.76. The number of benzene rings is 1. The second-order valence-electron chi connectivity index (χ2n) is 6.03. The average molecular weight is 385 g/mol. The molecule has 4 nitrogen and oxygen atoms in total. The van der Waals surface area contributed by atoms with Gasteiger partial charge in [0, 0.05) is 18.3 Å². The molecule has 25 heavy (non-hydrogen) atoms. The number of nitrogens with one attached hydrogen (secondary N) is 1. The van der Waals surface area contributed by atoms with Crippen LogP contribution in [-0.2, 0) is 9.59 Å². The predicted octanol–water partition coefficient (Wildman–Crippen LogP) is 4.80. The molecule has 1 amide bonds. The van der Waals surface area contributed by atoms with Gasteiger partial charge in [0.15, 0.2) is 0 Å². The molecule has 136 valence electrons. The Morgan fingerprint density at radius 1 is 1.36 bits per heavy atom. The van der Waals surface area contributed by atoms with Crippen LogP contribution in [0, 0.1) is 5.82 Å². The second-order valence-corrected chi connectivity index (χ2v) is 7.30. The molecule has 1 atom stereocenters. The summed E-state index contributed by atoms with van der Waals surface area (Å²) in [6.45, 7) is 1.59. The van der Waals surface area contributed by atoms with Crippen LogP contribution in [0.25, 0.3) is 0 Å². The van der Waals surface area contributed by atoms with Crippen LogP contribution in [0.15, 0.2) is 29.8 Å². The quantitative estimate of drug-likeness (QED) is 0.621. The van der Waals surface area contributed by atoms with Gasteiger partial charge in [0.2, 0.25) is 5.91 Å². The first-order chi connectivity index (χ1) is 12.0. The van der Waals surface area contributed by atoms with E-state index in [9.17, 15) is 14.0 Å². The van der Waals surface area contributed by atoms with Gasteiger partial charge in [-0.2, -0.15) is 0 Å². The monoisotopic (exact) mass is 384 g/mol. The molecule has 0 aliphatic carbocycles. The van der Waals surface area contributed by atoms with Crippen LogP contribution in [-0.4, -0.2) is 28.5 Å². The Morgan fingerprint density at radius 2 is 2.16 bits per heavy atom. The molecule has 1 aliphatic heterocycles. The number of hydrogen-bond acceptors (Lipinski definition) is 4. The number of carbonyl (C=O) groups excluding carboxylic acids is 2. The third-order valence-electron chi connectivity index (χ3n) is 3.97. The molecule has 0 fully saturated rings. The number of carbonyl (C=O) groups is 2. The van der Waals surface area contributed by atoms with Gasteiger partial charge in [-0.1, -0.05) is 24.4 Å². The number of Topliss-reactive ketones (excluding diaryl/α,β-unsaturated/α-hetero) is 1. The average Bonchev–Trinajstić information content (AvgIpc) is 3.08. The van der Waals surface area contributed by atoms with E-state index < -0.39 is 5.82 Å². The molecule has 1 aromatic rings. The van der Waals surface area contributed by atoms with Gasteiger partial charge >= 0.3 is 0 Å². The van der Waals surface area contributed by atoms with Gasteiger partial charge in [0.05, 0.1) is 10.9 Å². The van der Waals surface area contributed by atoms with Crippen LogP contribution in [0.1, 0.15) is 39.0 Å². The summed E-state index contributed by atoms with van der Waals surface area (Å²) in [6.07, 6.45) is 5.83. The number of anilines is 1. The Balaban J connectivity index is 1.94. The molecular weight excluding hydrogens is 363 g/mol. The third-order valence-corrected chi connectivity index (χ3v) is 5.02. The zero-order valence-electron chi connectivity index (χ0n) is 14.1. The minimum atomic E-state index is -0.513. The molecule has 1 N–H and O–H groups in total. The molecule has 7 heteroatoms. The zero-order chi connectivity index (χ0) is 18.2. The number of unbranched alkanes of at least 4 members (excludes halogenated alkanes) is 2. The third kappa shape index (κ3) is 6.36. The number of halogens is 2. The van der Waals surface area contributed by atoms with Crippen molar-refractivity contribution in [2.75, 3.05) is 11.2 Å². The molecular formula is C18H22ClFN2O2S. The van der Waals surface area contributed by atoms with Crippen molar-refractivity contribution < 1.29 is 14.0 Å². The Kier molecular flexibility index (Phi) is 7.78. The highest BCUT2D eigenvalue weighted by Gasteiger charge is 2.25. The summed E-state index contributed by atoms with van der Waals surface area (Å²) in [5.41, 5.74) is 0.480. The molecule has 0 aromatic heterocycles. The first-order valence-electron chi connectivity index (χ1n) is 8.27. The van der Waals surface area contributed by atoms with Crippen LogP contribution >= 0.6 is 23.4 Å². The van der Waals surface area contributed by atoms with Gasteiger partial charge in [0.25, 0.3) is 0 Å². The second kappa shape index (κ2) is 9.82. The summed E-state index contributed by atoms with van der Waals surface area (Å²) >= 11 is 7.41. The summed E-state index contributed by atoms with van der Waals surface area (Å²) in [7, 11) is 0. The lowest BCUT2D eigenvalue weighted by atomic mass is 10.0. The van der Waals surface area contributed by atoms with Crippen molar-refractivity contribution in [3.63, 3.8) is 0 Å². The van der Waals surface area contributed by atoms with E-state index in [2.05, 4.69) is 5.32 Å². The van der Waals surface area contributed by atoms with E-state index in [1.165, 1.54) is 18.2 Å². The minimum Gasteiger partial charge on any atom is -0.356 e. The minimum absolute atomic E-state index is 0.0183. The Morgan fingerprint density at radius 3 is 2.80 bits per heavy atom. The molecule has 1 heterocycles. The molecule has 0 unspecified atom stereocenters. The van der Waals surface area contributed by atoms with Crippen LogP contribution in [0.2, 0.25) is 5.02 Å². The van der Waals surface area contributed by atoms with Crippen molar-refractivity contribution in [3.8, 4) is 0 Å². The first-order valence-corrected chi connectivity index (χ1v) is 9.69. The maximum absolute atomic E-state index is 13.2. The van der Waals surface area contributed by atoms with Crippen LogP contribution < -0.4 is 5.32 Å². The SMILES string of the molecule is CC(=O)CCCCC[C@@H](C(=O)Nc1ccc(F)c(Cl)c1)N1C=CSC1. The first kappa shape index (κ1) is 19.8. The molecule has 0 saturated heterocycles. The fourth-order valence-electron chi connectivity index (χ4n) is 2.62. The van der Waals surface area contributed by atoms with E-state index in [4.69, 9.17) is 11.6 Å². The Labute approximate surface area is 156 Å². The molecule has 0 radical (unpaired) electrons. The zero-order valence-corrected chi connectivity index (χ0v) is 15.7. The van der Waals surface area contributed by atoms with E-state index in [-0.39, 0.29) is 22.8 Å². The van der Waals surface area contributed by atoms with E-state index in [0.717, 1.165) is 25.1 Å². The topological polar surface area (TPSA) is 49.4 Å². The maximum atomic E-state index is 13.2. The largest absolute Gasteiger partial charge is 0.356 e. The molecule has 0 bridgehead atoms. The van der Waals surface area contributed by atoms with Crippen molar-refractivity contribution in [2.45, 2.75) is 45.1 Å². The van der Waals surface area contributed by atoms with E-state index in [1.54, 1.807) is 18.7 Å². The van der Waals surface area contributed by atoms with Gasteiger partial charge in [-0.15, -0.1) is 11.8 Å². The maximum Gasteiger partial charge on any atom is 0.247 e. The van der Waals surface area contributed by atoms with Crippen molar-refractivity contribution >= 4 is 40.7 Å². The molecule has 1 aromatic carbocycles. The van der Waals surface area contributed by atoms with Crippen molar-refractivity contribution in [3.05, 3.63) is 40.6 Å². The predicted molar refractivity (Wildman–Crippen MR) is 101 cm³/mol. The van der Waals surface area contributed by atoms with E-state index >= 15 is 0 Å². The molecule has 1 aliphatic rings. The smallest absolute Gasteiger partial charge is 0.247 e. The highest BCUT2D eigenvalue weighted by Crippen LogP contribution is 2.24. The molecule has 0 spiro atoms. The summed E-state index contributed by atoms with van der Waals surface area (Å²) in [6, 6.07) is 3.85. The number of nitrogens with zero attached hydrogens (tertiary/aromatic N) is 1. The van der Waals surface area contributed by atoms with Crippen molar-refractivity contribution in [1.82, 2.24) is 4.90 Å². The number of thioether (sulfide) groups is 1. The van der Waals surface area contributed by atoms with Gasteiger partial charge in [0.1, 0.15) is 17.6 Å². The van der Waals surface area contributed by atoms with Gasteiger partial charge in [-0.25, -0.2) is 4.39 Å². The summed E-state index contributed by atoms with van der Waals surface area (Å²) in [4.78, 5) is 25.7. The number of hydrogen-bond donors (Lipinski definition) is 1. The van der Waals surface area contributed by atoms with E-state index in [0.29, 0.717) is 18.5 Å². The van der Waals surface area contributed by atoms with Crippen LogP contribution in [0.4, 0.5) is 10.1 Å². The van der Waals surface area contributed by atoms with Crippen LogP contribution in [0.3, 0.4) is 0 Å². The lowest BCUT2D eigenvalue weighted by Crippen LogP contribution is -2.40. The number of ketones is 1. The van der Waals surface area contributed by atoms with Crippen molar-refractivity contribution in [2.24, 2.45) is 0 Å². The highest BCUT2D eigenvalue weighted by molar-refractivity contribution is 8.02. The Hall–Kier alpha value is -1.53. The van der Waals surface area contributed by atoms with Crippen LogP contribution in [0.5, 0.6) is 0 Å². The normalized spacial score (nSPS) is 14.6. The fraction of sp³-hybridized carbons (Fsp3) is 0.444. The lowest BCUT2D eigenvalue weighted by Gasteiger charge is -2.26. The standard InChI is InChI=1S/C18H22ClFN2O2S/c1-13(23)5-3-2-4-6-17(22-9-10-25-12-22)18(24)21-14-7-8-16(20)15(19)11-14/h7-11,17H,2-6,12H2,1H3,(H,21,24)/t17-/m0/s1. The molecule has 0 saturated carbocycles. The van der Waals surface area contributed by atoms with Gasteiger partial charge < -0.3 is 15.0 Å². The van der Waals surface area contributed by atoms with E-state index in [1.807, 2.05) is 16.5 Å². The Bertz CT molecular complexity index is 654. The summed E-state index contributed by atoms with van der Waals surface area (Å²) in [5.74, 6) is 0.277. The van der Waals surface area contributed by atoms with Gasteiger partial charge in [-0.05, 0) is 43.4 Å². The summed E-state index contributed by atoms with van der Waals surface area (Å²) < 4.78 is 13.2. The number of rotatable bonds is 9.